The summed E-state index contributed by atoms with van der Waals surface area (Å²) in [6, 6.07) is 0.490. The molecule has 0 spiro atoms. The van der Waals surface area contributed by atoms with E-state index in [2.05, 4.69) is 51.7 Å². The molecule has 4 rings (SSSR count). The Balaban J connectivity index is 1.76. The van der Waals surface area contributed by atoms with Gasteiger partial charge in [-0.1, -0.05) is 36.5 Å². The SMILES string of the molecule is CCC[C@@H](Nc1nc(NCc2nnc3c(=O)[nH]ccn23)c2cc(Cl)c(Br)c(Cl)c2n1)C(F)F. The third kappa shape index (κ3) is 4.73. The average Bonchev–Trinajstić information content (AvgIpc) is 3.20. The maximum atomic E-state index is 13.5. The predicted molar refractivity (Wildman–Crippen MR) is 127 cm³/mol. The number of benzene rings is 1. The molecular formula is C19H17BrCl2F2N8O. The van der Waals surface area contributed by atoms with Crippen molar-refractivity contribution in [3.8, 4) is 0 Å². The number of alkyl halides is 2. The third-order valence-corrected chi connectivity index (χ3v) is 6.81. The molecule has 0 aliphatic heterocycles. The Morgan fingerprint density at radius 3 is 2.79 bits per heavy atom. The van der Waals surface area contributed by atoms with E-state index in [0.29, 0.717) is 38.5 Å². The van der Waals surface area contributed by atoms with E-state index in [0.717, 1.165) is 0 Å². The van der Waals surface area contributed by atoms with Crippen LogP contribution in [-0.2, 0) is 6.54 Å². The standard InChI is InChI=1S/C19H17BrCl2F2N8O/c1-2-3-10(15(23)24)27-19-28-14-8(6-9(21)12(20)13(14)22)16(29-19)26-7-11-30-31-17-18(33)25-4-5-32(11)17/h4-6,10,15H,2-3,7H2,1H3,(H,25,33)(H2,26,27,28,29)/t10-/m1/s1. The zero-order valence-electron chi connectivity index (χ0n) is 17.0. The van der Waals surface area contributed by atoms with Gasteiger partial charge in [-0.15, -0.1) is 10.2 Å². The summed E-state index contributed by atoms with van der Waals surface area (Å²) >= 11 is 16.0. The molecule has 0 aliphatic carbocycles. The highest BCUT2D eigenvalue weighted by atomic mass is 79.9. The molecule has 0 bridgehead atoms. The van der Waals surface area contributed by atoms with Crippen LogP contribution in [0.15, 0.2) is 27.7 Å². The molecule has 3 N–H and O–H groups in total. The molecule has 0 saturated heterocycles. The van der Waals surface area contributed by atoms with Crippen molar-refractivity contribution < 1.29 is 8.78 Å². The van der Waals surface area contributed by atoms with Gasteiger partial charge in [0.25, 0.3) is 12.0 Å². The summed E-state index contributed by atoms with van der Waals surface area (Å²) < 4.78 is 28.9. The Labute approximate surface area is 204 Å². The molecule has 0 saturated carbocycles. The number of H-pyrrole nitrogens is 1. The lowest BCUT2D eigenvalue weighted by Gasteiger charge is -2.19. The van der Waals surface area contributed by atoms with E-state index in [1.165, 1.54) is 10.6 Å². The van der Waals surface area contributed by atoms with Crippen LogP contribution in [0.3, 0.4) is 0 Å². The van der Waals surface area contributed by atoms with Crippen molar-refractivity contribution in [3.05, 3.63) is 49.2 Å². The number of aromatic nitrogens is 6. The zero-order valence-corrected chi connectivity index (χ0v) is 20.1. The first-order valence-electron chi connectivity index (χ1n) is 9.85. The van der Waals surface area contributed by atoms with Crippen molar-refractivity contribution >= 4 is 67.4 Å². The molecule has 3 heterocycles. The van der Waals surface area contributed by atoms with Crippen LogP contribution in [0, 0.1) is 0 Å². The average molecular weight is 562 g/mol. The molecule has 0 aliphatic rings. The molecule has 0 unspecified atom stereocenters. The van der Waals surface area contributed by atoms with Crippen LogP contribution in [0.1, 0.15) is 25.6 Å². The quantitative estimate of drug-likeness (QED) is 0.262. The fourth-order valence-corrected chi connectivity index (χ4v) is 4.08. The smallest absolute Gasteiger partial charge is 0.293 e. The summed E-state index contributed by atoms with van der Waals surface area (Å²) in [5.41, 5.74) is 0.0752. The van der Waals surface area contributed by atoms with E-state index in [1.807, 2.05) is 6.92 Å². The lowest BCUT2D eigenvalue weighted by molar-refractivity contribution is 0.120. The molecule has 4 aromatic rings. The van der Waals surface area contributed by atoms with Gasteiger partial charge in [0, 0.05) is 17.8 Å². The van der Waals surface area contributed by atoms with Gasteiger partial charge in [0.15, 0.2) is 5.82 Å². The second-order valence-corrected chi connectivity index (χ2v) is 8.68. The maximum Gasteiger partial charge on any atom is 0.293 e. The molecular weight excluding hydrogens is 545 g/mol. The lowest BCUT2D eigenvalue weighted by Crippen LogP contribution is -2.28. The van der Waals surface area contributed by atoms with Crippen molar-refractivity contribution in [1.29, 1.82) is 0 Å². The number of nitrogens with one attached hydrogen (secondary N) is 3. The predicted octanol–water partition coefficient (Wildman–Crippen LogP) is 4.89. The third-order valence-electron chi connectivity index (χ3n) is 4.87. The number of rotatable bonds is 8. The molecule has 1 aromatic carbocycles. The normalized spacial score (nSPS) is 12.6. The fourth-order valence-electron chi connectivity index (χ4n) is 3.28. The number of hydrogen-bond donors (Lipinski definition) is 3. The van der Waals surface area contributed by atoms with Gasteiger partial charge in [0.2, 0.25) is 11.6 Å². The van der Waals surface area contributed by atoms with E-state index in [4.69, 9.17) is 23.2 Å². The highest BCUT2D eigenvalue weighted by molar-refractivity contribution is 9.10. The Hall–Kier alpha value is -2.57. The van der Waals surface area contributed by atoms with Crippen molar-refractivity contribution in [3.63, 3.8) is 0 Å². The molecule has 33 heavy (non-hydrogen) atoms. The van der Waals surface area contributed by atoms with Crippen molar-refractivity contribution in [1.82, 2.24) is 29.5 Å². The Morgan fingerprint density at radius 1 is 1.27 bits per heavy atom. The first kappa shape index (κ1) is 23.6. The zero-order chi connectivity index (χ0) is 23.7. The number of fused-ring (bicyclic) bond motifs is 2. The van der Waals surface area contributed by atoms with Crippen molar-refractivity contribution in [2.75, 3.05) is 10.6 Å². The van der Waals surface area contributed by atoms with Gasteiger partial charge < -0.3 is 15.6 Å². The molecule has 14 heteroatoms. The van der Waals surface area contributed by atoms with Crippen molar-refractivity contribution in [2.24, 2.45) is 0 Å². The van der Waals surface area contributed by atoms with E-state index >= 15 is 0 Å². The topological polar surface area (TPSA) is 113 Å². The maximum absolute atomic E-state index is 13.5. The van der Waals surface area contributed by atoms with Crippen LogP contribution < -0.4 is 16.2 Å². The van der Waals surface area contributed by atoms with E-state index in [1.54, 1.807) is 12.3 Å². The first-order chi connectivity index (χ1) is 15.8. The lowest BCUT2D eigenvalue weighted by atomic mass is 10.2. The van der Waals surface area contributed by atoms with Crippen LogP contribution in [0.2, 0.25) is 10.0 Å². The second kappa shape index (κ2) is 9.74. The Kier molecular flexibility index (Phi) is 6.96. The molecule has 0 fully saturated rings. The minimum absolute atomic E-state index is 0.0116. The van der Waals surface area contributed by atoms with Crippen LogP contribution in [0.4, 0.5) is 20.5 Å². The minimum atomic E-state index is -2.60. The summed E-state index contributed by atoms with van der Waals surface area (Å²) in [5.74, 6) is 0.718. The largest absolute Gasteiger partial charge is 0.362 e. The van der Waals surface area contributed by atoms with Crippen LogP contribution in [0.25, 0.3) is 16.6 Å². The fraction of sp³-hybridized carbons (Fsp3) is 0.316. The van der Waals surface area contributed by atoms with Gasteiger partial charge in [-0.3, -0.25) is 9.20 Å². The summed E-state index contributed by atoms with van der Waals surface area (Å²) in [6.45, 7) is 1.93. The van der Waals surface area contributed by atoms with Gasteiger partial charge in [0.1, 0.15) is 5.82 Å². The molecule has 9 nitrogen and oxygen atoms in total. The number of halogens is 5. The van der Waals surface area contributed by atoms with Crippen LogP contribution in [-0.4, -0.2) is 42.0 Å². The summed E-state index contributed by atoms with van der Waals surface area (Å²) in [5, 5.41) is 14.8. The van der Waals surface area contributed by atoms with E-state index < -0.39 is 12.5 Å². The first-order valence-corrected chi connectivity index (χ1v) is 11.4. The highest BCUT2D eigenvalue weighted by Crippen LogP contribution is 2.39. The minimum Gasteiger partial charge on any atom is -0.362 e. The highest BCUT2D eigenvalue weighted by Gasteiger charge is 2.22. The number of anilines is 2. The molecule has 174 valence electrons. The van der Waals surface area contributed by atoms with E-state index in [9.17, 15) is 13.6 Å². The summed E-state index contributed by atoms with van der Waals surface area (Å²) in [6.07, 6.45) is 1.27. The summed E-state index contributed by atoms with van der Waals surface area (Å²) in [7, 11) is 0. The number of aromatic amines is 1. The Morgan fingerprint density at radius 2 is 2.06 bits per heavy atom. The Bertz CT molecular complexity index is 1380. The molecule has 0 amide bonds. The van der Waals surface area contributed by atoms with Gasteiger partial charge in [-0.25, -0.2) is 13.8 Å². The number of nitrogens with zero attached hydrogens (tertiary/aromatic N) is 5. The molecule has 0 radical (unpaired) electrons. The van der Waals surface area contributed by atoms with Gasteiger partial charge in [0.05, 0.1) is 32.6 Å². The second-order valence-electron chi connectivity index (χ2n) is 7.10. The molecule has 3 aromatic heterocycles. The number of hydrogen-bond acceptors (Lipinski definition) is 7. The van der Waals surface area contributed by atoms with Crippen molar-refractivity contribution in [2.45, 2.75) is 38.8 Å². The van der Waals surface area contributed by atoms with Gasteiger partial charge in [-0.2, -0.15) is 4.98 Å². The molecule has 1 atom stereocenters. The van der Waals surface area contributed by atoms with Crippen LogP contribution in [0.5, 0.6) is 0 Å². The summed E-state index contributed by atoms with van der Waals surface area (Å²) in [4.78, 5) is 23.1. The van der Waals surface area contributed by atoms with E-state index in [-0.39, 0.29) is 35.1 Å². The van der Waals surface area contributed by atoms with Gasteiger partial charge >= 0.3 is 0 Å². The van der Waals surface area contributed by atoms with Crippen LogP contribution >= 0.6 is 39.1 Å². The monoisotopic (exact) mass is 560 g/mol. The van der Waals surface area contributed by atoms with Gasteiger partial charge in [-0.05, 0) is 28.4 Å².